The summed E-state index contributed by atoms with van der Waals surface area (Å²) in [6.07, 6.45) is 1.49. The highest BCUT2D eigenvalue weighted by Crippen LogP contribution is 2.25. The molecule has 0 aliphatic carbocycles. The normalized spacial score (nSPS) is 15.1. The second-order valence-corrected chi connectivity index (χ2v) is 8.27. The average Bonchev–Trinajstić information content (AvgIpc) is 3.54. The molecule has 3 aromatic carbocycles. The smallest absolute Gasteiger partial charge is 0.254 e. The summed E-state index contributed by atoms with van der Waals surface area (Å²) in [6, 6.07) is 23.1. The molecule has 6 heteroatoms. The minimum atomic E-state index is -0.425. The molecule has 1 fully saturated rings. The number of aromatic amines is 1. The number of carbonyl (C=O) groups excluding carboxylic acids is 2. The highest BCUT2D eigenvalue weighted by atomic mass is 16.2. The van der Waals surface area contributed by atoms with Gasteiger partial charge in [-0.1, -0.05) is 54.5 Å². The van der Waals surface area contributed by atoms with Crippen molar-refractivity contribution in [1.29, 1.82) is 0 Å². The van der Waals surface area contributed by atoms with Crippen molar-refractivity contribution in [2.24, 2.45) is 0 Å². The molecule has 5 rings (SSSR count). The molecule has 6 nitrogen and oxygen atoms in total. The number of rotatable bonds is 3. The van der Waals surface area contributed by atoms with Crippen LogP contribution in [0.3, 0.4) is 0 Å². The van der Waals surface area contributed by atoms with E-state index in [1.165, 1.54) is 0 Å². The monoisotopic (exact) mass is 448 g/mol. The number of hydrogen-bond acceptors (Lipinski definition) is 3. The molecule has 0 unspecified atom stereocenters. The predicted molar refractivity (Wildman–Crippen MR) is 132 cm³/mol. The minimum absolute atomic E-state index is 0.126. The van der Waals surface area contributed by atoms with E-state index < -0.39 is 6.04 Å². The Kier molecular flexibility index (Phi) is 5.84. The maximum atomic E-state index is 13.2. The molecule has 1 aliphatic rings. The fourth-order valence-electron chi connectivity index (χ4n) is 4.45. The zero-order chi connectivity index (χ0) is 23.5. The number of carbonyl (C=O) groups is 2. The van der Waals surface area contributed by atoms with Gasteiger partial charge in [0.05, 0.1) is 5.52 Å². The van der Waals surface area contributed by atoms with Crippen LogP contribution in [-0.4, -0.2) is 46.5 Å². The number of nitrogens with zero attached hydrogens (tertiary/aromatic N) is 2. The molecule has 0 saturated carbocycles. The summed E-state index contributed by atoms with van der Waals surface area (Å²) in [5, 5.41) is 10.8. The van der Waals surface area contributed by atoms with E-state index in [9.17, 15) is 9.59 Å². The quantitative estimate of drug-likeness (QED) is 0.466. The Balaban J connectivity index is 1.48. The van der Waals surface area contributed by atoms with Crippen molar-refractivity contribution < 1.29 is 9.59 Å². The molecular formula is C28H24N4O2. The lowest BCUT2D eigenvalue weighted by atomic mass is 10.00. The van der Waals surface area contributed by atoms with Crippen molar-refractivity contribution in [2.45, 2.75) is 18.9 Å². The zero-order valence-corrected chi connectivity index (χ0v) is 18.8. The first-order valence-electron chi connectivity index (χ1n) is 11.3. The molecule has 4 aromatic rings. The third-order valence-electron chi connectivity index (χ3n) is 6.20. The molecule has 1 aromatic heterocycles. The van der Waals surface area contributed by atoms with Crippen molar-refractivity contribution in [2.75, 3.05) is 13.6 Å². The molecule has 34 heavy (non-hydrogen) atoms. The molecule has 0 radical (unpaired) electrons. The summed E-state index contributed by atoms with van der Waals surface area (Å²) in [5.74, 6) is 6.17. The van der Waals surface area contributed by atoms with Gasteiger partial charge in [0.1, 0.15) is 11.7 Å². The Morgan fingerprint density at radius 1 is 1.03 bits per heavy atom. The van der Waals surface area contributed by atoms with Crippen molar-refractivity contribution in [1.82, 2.24) is 20.4 Å². The van der Waals surface area contributed by atoms with Crippen LogP contribution in [0.5, 0.6) is 0 Å². The number of H-pyrrole nitrogens is 1. The van der Waals surface area contributed by atoms with Gasteiger partial charge < -0.3 is 10.2 Å². The van der Waals surface area contributed by atoms with Gasteiger partial charge in [0.15, 0.2) is 0 Å². The molecule has 1 aliphatic heterocycles. The number of aromatic nitrogens is 2. The van der Waals surface area contributed by atoms with E-state index in [2.05, 4.69) is 45.6 Å². The first kappa shape index (κ1) is 21.5. The van der Waals surface area contributed by atoms with Crippen LogP contribution in [0.15, 0.2) is 72.8 Å². The Hall–Kier alpha value is -4.37. The van der Waals surface area contributed by atoms with Gasteiger partial charge in [0, 0.05) is 30.1 Å². The zero-order valence-electron chi connectivity index (χ0n) is 18.8. The molecule has 2 heterocycles. The highest BCUT2D eigenvalue weighted by molar-refractivity contribution is 6.01. The Morgan fingerprint density at radius 2 is 1.82 bits per heavy atom. The molecule has 1 atom stereocenters. The summed E-state index contributed by atoms with van der Waals surface area (Å²) in [4.78, 5) is 27.1. The molecule has 168 valence electrons. The average molecular weight is 449 g/mol. The van der Waals surface area contributed by atoms with E-state index in [-0.39, 0.29) is 11.8 Å². The van der Waals surface area contributed by atoms with E-state index in [4.69, 9.17) is 0 Å². The molecular weight excluding hydrogens is 424 g/mol. The van der Waals surface area contributed by atoms with Crippen molar-refractivity contribution >= 4 is 22.7 Å². The van der Waals surface area contributed by atoms with Crippen molar-refractivity contribution in [3.8, 4) is 23.0 Å². The number of likely N-dealkylation sites (tertiary alicyclic amines) is 1. The van der Waals surface area contributed by atoms with Gasteiger partial charge in [-0.15, -0.1) is 0 Å². The van der Waals surface area contributed by atoms with Crippen LogP contribution in [0.4, 0.5) is 0 Å². The molecule has 2 amide bonds. The van der Waals surface area contributed by atoms with E-state index in [0.29, 0.717) is 24.2 Å². The molecule has 1 saturated heterocycles. The lowest BCUT2D eigenvalue weighted by Gasteiger charge is -2.23. The summed E-state index contributed by atoms with van der Waals surface area (Å²) < 4.78 is 0. The lowest BCUT2D eigenvalue weighted by molar-refractivity contribution is -0.124. The summed E-state index contributed by atoms with van der Waals surface area (Å²) in [5.41, 5.74) is 4.97. The minimum Gasteiger partial charge on any atom is -0.357 e. The molecule has 0 spiro atoms. The van der Waals surface area contributed by atoms with Crippen molar-refractivity contribution in [3.05, 3.63) is 89.6 Å². The van der Waals surface area contributed by atoms with Crippen LogP contribution >= 0.6 is 0 Å². The van der Waals surface area contributed by atoms with Gasteiger partial charge in [-0.3, -0.25) is 14.7 Å². The standard InChI is InChI=1S/C28H24N4O2/c1-29-27(33)26-12-7-17-32(26)28(34)21-14-16-25-23(18-21)24(30-31-25)15-13-20-10-5-6-11-22(20)19-8-3-2-4-9-19/h2-6,8-11,14,16,18,26H,7,12,17H2,1H3,(H,29,33)(H,30,31)/t26-/m1/s1. The maximum absolute atomic E-state index is 13.2. The second kappa shape index (κ2) is 9.24. The van der Waals surface area contributed by atoms with Gasteiger partial charge in [0.2, 0.25) is 5.91 Å². The van der Waals surface area contributed by atoms with Crippen LogP contribution in [0.25, 0.3) is 22.0 Å². The van der Waals surface area contributed by atoms with Crippen LogP contribution in [0.2, 0.25) is 0 Å². The van der Waals surface area contributed by atoms with Crippen LogP contribution in [0, 0.1) is 11.8 Å². The Labute approximate surface area is 198 Å². The third kappa shape index (κ3) is 4.04. The highest BCUT2D eigenvalue weighted by Gasteiger charge is 2.34. The Morgan fingerprint density at radius 3 is 2.65 bits per heavy atom. The molecule has 0 bridgehead atoms. The van der Waals surface area contributed by atoms with E-state index in [1.54, 1.807) is 18.0 Å². The van der Waals surface area contributed by atoms with Gasteiger partial charge >= 0.3 is 0 Å². The number of fused-ring (bicyclic) bond motifs is 1. The van der Waals surface area contributed by atoms with Gasteiger partial charge in [-0.25, -0.2) is 0 Å². The topological polar surface area (TPSA) is 78.1 Å². The lowest BCUT2D eigenvalue weighted by Crippen LogP contribution is -2.44. The number of likely N-dealkylation sites (N-methyl/N-ethyl adjacent to an activating group) is 1. The van der Waals surface area contributed by atoms with Crippen LogP contribution < -0.4 is 5.32 Å². The predicted octanol–water partition coefficient (Wildman–Crippen LogP) is 3.98. The van der Waals surface area contributed by atoms with E-state index >= 15 is 0 Å². The summed E-state index contributed by atoms with van der Waals surface area (Å²) >= 11 is 0. The number of hydrogen-bond donors (Lipinski definition) is 2. The number of benzene rings is 3. The summed E-state index contributed by atoms with van der Waals surface area (Å²) in [7, 11) is 1.60. The van der Waals surface area contributed by atoms with E-state index in [0.717, 1.165) is 34.0 Å². The summed E-state index contributed by atoms with van der Waals surface area (Å²) in [6.45, 7) is 0.573. The SMILES string of the molecule is CNC(=O)[C@H]1CCCN1C(=O)c1ccc2[nH]nc(C#Cc3ccccc3-c3ccccc3)c2c1. The Bertz CT molecular complexity index is 1430. The fourth-order valence-corrected chi connectivity index (χ4v) is 4.45. The van der Waals surface area contributed by atoms with E-state index in [1.807, 2.05) is 48.5 Å². The van der Waals surface area contributed by atoms with Crippen LogP contribution in [0.1, 0.15) is 34.5 Å². The van der Waals surface area contributed by atoms with Gasteiger partial charge in [0.25, 0.3) is 5.91 Å². The number of nitrogens with one attached hydrogen (secondary N) is 2. The largest absolute Gasteiger partial charge is 0.357 e. The second-order valence-electron chi connectivity index (χ2n) is 8.27. The third-order valence-corrected chi connectivity index (χ3v) is 6.20. The fraction of sp³-hybridized carbons (Fsp3) is 0.179. The maximum Gasteiger partial charge on any atom is 0.254 e. The van der Waals surface area contributed by atoms with Crippen LogP contribution in [-0.2, 0) is 4.79 Å². The first-order valence-corrected chi connectivity index (χ1v) is 11.3. The molecule has 2 N–H and O–H groups in total. The number of amides is 2. The van der Waals surface area contributed by atoms with Crippen molar-refractivity contribution in [3.63, 3.8) is 0 Å². The van der Waals surface area contributed by atoms with Gasteiger partial charge in [-0.2, -0.15) is 5.10 Å². The first-order chi connectivity index (χ1) is 16.7. The van der Waals surface area contributed by atoms with Gasteiger partial charge in [-0.05, 0) is 54.2 Å².